The molecule has 32 heavy (non-hydrogen) atoms. The number of unbranched alkanes of at least 4 members (excludes halogenated alkanes) is 6. The van der Waals surface area contributed by atoms with Gasteiger partial charge in [-0.05, 0) is 42.4 Å². The van der Waals surface area contributed by atoms with Crippen LogP contribution < -0.4 is 4.74 Å². The van der Waals surface area contributed by atoms with Gasteiger partial charge in [0.15, 0.2) is 0 Å². The van der Waals surface area contributed by atoms with E-state index in [0.717, 1.165) is 54.0 Å². The second kappa shape index (κ2) is 14.3. The third kappa shape index (κ3) is 8.56. The Kier molecular flexibility index (Phi) is 11.0. The SMILES string of the molecule is CCCCCCCCCOc1ccc(-c2cnc(CCC3CCC(CC)CC3)nc2)cc1. The van der Waals surface area contributed by atoms with E-state index in [1.165, 1.54) is 77.0 Å². The highest BCUT2D eigenvalue weighted by atomic mass is 16.5. The van der Waals surface area contributed by atoms with Gasteiger partial charge in [-0.1, -0.05) is 96.6 Å². The van der Waals surface area contributed by atoms with Crippen molar-refractivity contribution in [3.05, 3.63) is 42.5 Å². The lowest BCUT2D eigenvalue weighted by Gasteiger charge is -2.27. The van der Waals surface area contributed by atoms with Gasteiger partial charge in [-0.15, -0.1) is 0 Å². The first-order chi connectivity index (χ1) is 15.8. The van der Waals surface area contributed by atoms with Crippen molar-refractivity contribution in [1.82, 2.24) is 9.97 Å². The highest BCUT2D eigenvalue weighted by Crippen LogP contribution is 2.33. The summed E-state index contributed by atoms with van der Waals surface area (Å²) in [4.78, 5) is 9.29. The molecule has 0 radical (unpaired) electrons. The van der Waals surface area contributed by atoms with Crippen molar-refractivity contribution in [2.75, 3.05) is 6.61 Å². The van der Waals surface area contributed by atoms with Gasteiger partial charge in [0.1, 0.15) is 11.6 Å². The standard InChI is InChI=1S/C29H44N2O/c1-3-5-6-7-8-9-10-21-32-28-18-16-26(17-19-28)27-22-30-29(31-23-27)20-15-25-13-11-24(4-2)12-14-25/h16-19,22-25H,3-15,20-21H2,1-2H3. The number of hydrogen-bond donors (Lipinski definition) is 0. The molecule has 1 aromatic heterocycles. The first-order valence-electron chi connectivity index (χ1n) is 13.3. The van der Waals surface area contributed by atoms with E-state index in [1.807, 2.05) is 12.4 Å². The van der Waals surface area contributed by atoms with Gasteiger partial charge < -0.3 is 4.74 Å². The summed E-state index contributed by atoms with van der Waals surface area (Å²) in [5.74, 6) is 3.78. The fraction of sp³-hybridized carbons (Fsp3) is 0.655. The molecule has 0 atom stereocenters. The summed E-state index contributed by atoms with van der Waals surface area (Å²) in [6, 6.07) is 8.36. The van der Waals surface area contributed by atoms with Crippen LogP contribution in [0.3, 0.4) is 0 Å². The van der Waals surface area contributed by atoms with Crippen molar-refractivity contribution in [1.29, 1.82) is 0 Å². The molecule has 3 heteroatoms. The molecule has 0 saturated heterocycles. The lowest BCUT2D eigenvalue weighted by Crippen LogP contribution is -2.15. The highest BCUT2D eigenvalue weighted by Gasteiger charge is 2.19. The van der Waals surface area contributed by atoms with Crippen LogP contribution in [-0.2, 0) is 6.42 Å². The molecule has 3 nitrogen and oxygen atoms in total. The molecule has 1 aliphatic carbocycles. The molecule has 0 spiro atoms. The average molecular weight is 437 g/mol. The third-order valence-electron chi connectivity index (χ3n) is 7.23. The lowest BCUT2D eigenvalue weighted by molar-refractivity contribution is 0.258. The predicted molar refractivity (Wildman–Crippen MR) is 135 cm³/mol. The minimum Gasteiger partial charge on any atom is -0.494 e. The second-order valence-corrected chi connectivity index (χ2v) is 9.72. The van der Waals surface area contributed by atoms with Gasteiger partial charge in [-0.3, -0.25) is 0 Å². The number of hydrogen-bond acceptors (Lipinski definition) is 3. The molecule has 176 valence electrons. The Labute approximate surface area is 196 Å². The summed E-state index contributed by atoms with van der Waals surface area (Å²) in [6.45, 7) is 5.41. The molecule has 1 fully saturated rings. The van der Waals surface area contributed by atoms with Crippen molar-refractivity contribution in [3.63, 3.8) is 0 Å². The maximum Gasteiger partial charge on any atom is 0.128 e. The fourth-order valence-corrected chi connectivity index (χ4v) is 4.89. The Bertz CT molecular complexity index is 733. The van der Waals surface area contributed by atoms with Crippen LogP contribution in [0.4, 0.5) is 0 Å². The Morgan fingerprint density at radius 3 is 2.03 bits per heavy atom. The molecule has 0 N–H and O–H groups in total. The van der Waals surface area contributed by atoms with E-state index in [-0.39, 0.29) is 0 Å². The zero-order valence-electron chi connectivity index (χ0n) is 20.5. The van der Waals surface area contributed by atoms with Crippen LogP contribution in [0.15, 0.2) is 36.7 Å². The monoisotopic (exact) mass is 436 g/mol. The Hall–Kier alpha value is -1.90. The zero-order valence-corrected chi connectivity index (χ0v) is 20.5. The van der Waals surface area contributed by atoms with Gasteiger partial charge in [0, 0.05) is 24.4 Å². The molecule has 2 aromatic rings. The van der Waals surface area contributed by atoms with Gasteiger partial charge in [0.25, 0.3) is 0 Å². The molecule has 1 aliphatic rings. The molecule has 3 rings (SSSR count). The first-order valence-corrected chi connectivity index (χ1v) is 13.3. The molecule has 0 amide bonds. The molecule has 0 bridgehead atoms. The van der Waals surface area contributed by atoms with Crippen LogP contribution in [0.2, 0.25) is 0 Å². The fourth-order valence-electron chi connectivity index (χ4n) is 4.89. The van der Waals surface area contributed by atoms with Crippen molar-refractivity contribution in [2.45, 2.75) is 104 Å². The summed E-state index contributed by atoms with van der Waals surface area (Å²) in [5.41, 5.74) is 2.23. The number of aromatic nitrogens is 2. The Morgan fingerprint density at radius 2 is 1.38 bits per heavy atom. The van der Waals surface area contributed by atoms with Gasteiger partial charge in [-0.25, -0.2) is 9.97 Å². The van der Waals surface area contributed by atoms with E-state index >= 15 is 0 Å². The molecule has 1 saturated carbocycles. The molecular weight excluding hydrogens is 392 g/mol. The molecule has 0 unspecified atom stereocenters. The largest absolute Gasteiger partial charge is 0.494 e. The lowest BCUT2D eigenvalue weighted by atomic mass is 9.79. The number of benzene rings is 1. The van der Waals surface area contributed by atoms with Gasteiger partial charge in [0.2, 0.25) is 0 Å². The second-order valence-electron chi connectivity index (χ2n) is 9.72. The third-order valence-corrected chi connectivity index (χ3v) is 7.23. The van der Waals surface area contributed by atoms with Gasteiger partial charge >= 0.3 is 0 Å². The van der Waals surface area contributed by atoms with Crippen molar-refractivity contribution < 1.29 is 4.74 Å². The van der Waals surface area contributed by atoms with Crippen molar-refractivity contribution in [3.8, 4) is 16.9 Å². The van der Waals surface area contributed by atoms with Crippen molar-refractivity contribution >= 4 is 0 Å². The van der Waals surface area contributed by atoms with Crippen LogP contribution >= 0.6 is 0 Å². The Morgan fingerprint density at radius 1 is 0.750 bits per heavy atom. The molecular formula is C29H44N2O. The van der Waals surface area contributed by atoms with E-state index in [2.05, 4.69) is 48.1 Å². The molecule has 1 heterocycles. The average Bonchev–Trinajstić information content (AvgIpc) is 2.85. The normalized spacial score (nSPS) is 18.6. The minimum atomic E-state index is 0.811. The van der Waals surface area contributed by atoms with Crippen LogP contribution in [0.5, 0.6) is 5.75 Å². The smallest absolute Gasteiger partial charge is 0.128 e. The number of ether oxygens (including phenoxy) is 1. The van der Waals surface area contributed by atoms with E-state index in [4.69, 9.17) is 4.74 Å². The highest BCUT2D eigenvalue weighted by molar-refractivity contribution is 5.62. The minimum absolute atomic E-state index is 0.811. The summed E-state index contributed by atoms with van der Waals surface area (Å²) < 4.78 is 5.92. The van der Waals surface area contributed by atoms with Crippen LogP contribution in [0, 0.1) is 11.8 Å². The van der Waals surface area contributed by atoms with Gasteiger partial charge in [0.05, 0.1) is 6.61 Å². The summed E-state index contributed by atoms with van der Waals surface area (Å²) >= 11 is 0. The van der Waals surface area contributed by atoms with E-state index < -0.39 is 0 Å². The number of rotatable bonds is 14. The van der Waals surface area contributed by atoms with Crippen LogP contribution in [-0.4, -0.2) is 16.6 Å². The quantitative estimate of drug-likeness (QED) is 0.279. The summed E-state index contributed by atoms with van der Waals surface area (Å²) in [5, 5.41) is 0. The topological polar surface area (TPSA) is 35.0 Å². The molecule has 1 aromatic carbocycles. The molecule has 0 aliphatic heterocycles. The zero-order chi connectivity index (χ0) is 22.4. The predicted octanol–water partition coefficient (Wildman–Crippen LogP) is 8.42. The summed E-state index contributed by atoms with van der Waals surface area (Å²) in [6.07, 6.45) is 22.3. The van der Waals surface area contributed by atoms with E-state index in [9.17, 15) is 0 Å². The maximum atomic E-state index is 5.92. The first kappa shape index (κ1) is 24.7. The Balaban J connectivity index is 1.35. The van der Waals surface area contributed by atoms with E-state index in [0.29, 0.717) is 0 Å². The van der Waals surface area contributed by atoms with Crippen LogP contribution in [0.25, 0.3) is 11.1 Å². The van der Waals surface area contributed by atoms with Crippen molar-refractivity contribution in [2.24, 2.45) is 11.8 Å². The number of nitrogens with zero attached hydrogens (tertiary/aromatic N) is 2. The number of aryl methyl sites for hydroxylation is 1. The van der Waals surface area contributed by atoms with E-state index in [1.54, 1.807) is 0 Å². The van der Waals surface area contributed by atoms with Crippen LogP contribution in [0.1, 0.15) is 103 Å². The van der Waals surface area contributed by atoms with Gasteiger partial charge in [-0.2, -0.15) is 0 Å². The summed E-state index contributed by atoms with van der Waals surface area (Å²) in [7, 11) is 0. The maximum absolute atomic E-state index is 5.92.